The van der Waals surface area contributed by atoms with Gasteiger partial charge in [-0.1, -0.05) is 26.0 Å². The monoisotopic (exact) mass is 148 g/mol. The highest BCUT2D eigenvalue weighted by Crippen LogP contribution is 2.13. The van der Waals surface area contributed by atoms with Crippen molar-refractivity contribution in [2.45, 2.75) is 20.3 Å². The second kappa shape index (κ2) is 3.86. The summed E-state index contributed by atoms with van der Waals surface area (Å²) in [4.78, 5) is 7.98. The molecule has 0 aromatic carbocycles. The van der Waals surface area contributed by atoms with Crippen molar-refractivity contribution in [3.63, 3.8) is 0 Å². The Bertz CT molecular complexity index is 253. The average molecular weight is 148 g/mol. The second-order valence-electron chi connectivity index (χ2n) is 2.03. The number of hydrogen-bond acceptors (Lipinski definition) is 2. The van der Waals surface area contributed by atoms with Gasteiger partial charge in [-0.05, 0) is 0 Å². The highest BCUT2D eigenvalue weighted by Gasteiger charge is 2.03. The highest BCUT2D eigenvalue weighted by molar-refractivity contribution is 5.56. The Morgan fingerprint density at radius 2 is 2.18 bits per heavy atom. The average Bonchev–Trinajstić information content (AvgIpc) is 2.55. The van der Waals surface area contributed by atoms with E-state index in [1.54, 1.807) is 6.33 Å². The topological polar surface area (TPSA) is 25.8 Å². The fourth-order valence-corrected chi connectivity index (χ4v) is 0.973. The third-order valence-electron chi connectivity index (χ3n) is 1.44. The van der Waals surface area contributed by atoms with E-state index in [0.29, 0.717) is 0 Å². The van der Waals surface area contributed by atoms with Crippen molar-refractivity contribution in [3.8, 4) is 0 Å². The quantitative estimate of drug-likeness (QED) is 0.563. The molecule has 0 bridgehead atoms. The standard InChI is InChI=1S/C7H6N2.C2H6/c1-2-6-4-8-5-9-7(6)3-1;1-2/h1-2,4-5H,3H2;1-2H3. The Morgan fingerprint density at radius 1 is 1.36 bits per heavy atom. The second-order valence-corrected chi connectivity index (χ2v) is 2.03. The van der Waals surface area contributed by atoms with Gasteiger partial charge in [0, 0.05) is 18.2 Å². The molecule has 0 unspecified atom stereocenters. The molecule has 1 aromatic heterocycles. The highest BCUT2D eigenvalue weighted by atomic mass is 14.8. The van der Waals surface area contributed by atoms with Gasteiger partial charge in [0.05, 0.1) is 5.69 Å². The van der Waals surface area contributed by atoms with Crippen molar-refractivity contribution >= 4 is 6.08 Å². The molecule has 0 radical (unpaired) electrons. The predicted molar refractivity (Wildman–Crippen MR) is 46.1 cm³/mol. The van der Waals surface area contributed by atoms with Crippen molar-refractivity contribution < 1.29 is 0 Å². The van der Waals surface area contributed by atoms with Crippen LogP contribution in [0.3, 0.4) is 0 Å². The summed E-state index contributed by atoms with van der Waals surface area (Å²) in [7, 11) is 0. The molecule has 0 atom stereocenters. The minimum Gasteiger partial charge on any atom is -0.244 e. The van der Waals surface area contributed by atoms with E-state index in [1.807, 2.05) is 20.0 Å². The third-order valence-corrected chi connectivity index (χ3v) is 1.44. The maximum Gasteiger partial charge on any atom is 0.115 e. The van der Waals surface area contributed by atoms with Crippen LogP contribution in [0.15, 0.2) is 18.6 Å². The first-order valence-electron chi connectivity index (χ1n) is 3.92. The number of hydrogen-bond donors (Lipinski definition) is 0. The number of rotatable bonds is 0. The molecule has 11 heavy (non-hydrogen) atoms. The molecule has 0 aliphatic heterocycles. The molecule has 1 aliphatic carbocycles. The predicted octanol–water partition coefficient (Wildman–Crippen LogP) is 2.07. The van der Waals surface area contributed by atoms with Crippen LogP contribution in [0.25, 0.3) is 6.08 Å². The van der Waals surface area contributed by atoms with E-state index in [-0.39, 0.29) is 0 Å². The van der Waals surface area contributed by atoms with Crippen LogP contribution in [0.2, 0.25) is 0 Å². The summed E-state index contributed by atoms with van der Waals surface area (Å²) < 4.78 is 0. The maximum atomic E-state index is 4.09. The molecular formula is C9H12N2. The molecule has 0 spiro atoms. The zero-order valence-electron chi connectivity index (χ0n) is 6.91. The Labute approximate surface area is 67.0 Å². The molecule has 2 heteroatoms. The summed E-state index contributed by atoms with van der Waals surface area (Å²) in [6.45, 7) is 4.00. The first kappa shape index (κ1) is 7.92. The molecule has 1 aromatic rings. The van der Waals surface area contributed by atoms with E-state index >= 15 is 0 Å². The zero-order chi connectivity index (χ0) is 8.10. The lowest BCUT2D eigenvalue weighted by Crippen LogP contribution is -1.86. The molecule has 2 nitrogen and oxygen atoms in total. The fourth-order valence-electron chi connectivity index (χ4n) is 0.973. The molecular weight excluding hydrogens is 136 g/mol. The van der Waals surface area contributed by atoms with E-state index in [0.717, 1.165) is 17.7 Å². The van der Waals surface area contributed by atoms with Crippen LogP contribution < -0.4 is 0 Å². The van der Waals surface area contributed by atoms with Gasteiger partial charge in [0.2, 0.25) is 0 Å². The third kappa shape index (κ3) is 1.64. The van der Waals surface area contributed by atoms with Crippen LogP contribution in [0.5, 0.6) is 0 Å². The molecule has 2 rings (SSSR count). The van der Waals surface area contributed by atoms with Gasteiger partial charge in [-0.15, -0.1) is 0 Å². The summed E-state index contributed by atoms with van der Waals surface area (Å²) in [5.74, 6) is 0. The van der Waals surface area contributed by atoms with Gasteiger partial charge in [-0.25, -0.2) is 9.97 Å². The minimum absolute atomic E-state index is 0.970. The van der Waals surface area contributed by atoms with Gasteiger partial charge in [0.15, 0.2) is 0 Å². The van der Waals surface area contributed by atoms with Crippen molar-refractivity contribution in [1.29, 1.82) is 0 Å². The molecule has 58 valence electrons. The van der Waals surface area contributed by atoms with E-state index < -0.39 is 0 Å². The molecule has 0 fully saturated rings. The van der Waals surface area contributed by atoms with Crippen LogP contribution >= 0.6 is 0 Å². The maximum absolute atomic E-state index is 4.09. The Morgan fingerprint density at radius 3 is 2.91 bits per heavy atom. The van der Waals surface area contributed by atoms with Gasteiger partial charge in [0.1, 0.15) is 6.33 Å². The van der Waals surface area contributed by atoms with Crippen LogP contribution in [0, 0.1) is 0 Å². The Kier molecular flexibility index (Phi) is 2.78. The van der Waals surface area contributed by atoms with Crippen LogP contribution in [0.1, 0.15) is 25.1 Å². The zero-order valence-corrected chi connectivity index (χ0v) is 6.91. The first-order chi connectivity index (χ1) is 5.47. The summed E-state index contributed by atoms with van der Waals surface area (Å²) in [6.07, 6.45) is 8.55. The fraction of sp³-hybridized carbons (Fsp3) is 0.333. The summed E-state index contributed by atoms with van der Waals surface area (Å²) in [5, 5.41) is 0. The molecule has 0 N–H and O–H groups in total. The van der Waals surface area contributed by atoms with E-state index in [9.17, 15) is 0 Å². The van der Waals surface area contributed by atoms with Crippen LogP contribution in [0.4, 0.5) is 0 Å². The van der Waals surface area contributed by atoms with E-state index in [2.05, 4.69) is 22.1 Å². The summed E-state index contributed by atoms with van der Waals surface area (Å²) in [6, 6.07) is 0. The number of nitrogens with zero attached hydrogens (tertiary/aromatic N) is 2. The van der Waals surface area contributed by atoms with Gasteiger partial charge in [-0.3, -0.25) is 0 Å². The summed E-state index contributed by atoms with van der Waals surface area (Å²) in [5.41, 5.74) is 2.31. The van der Waals surface area contributed by atoms with E-state index in [1.165, 1.54) is 0 Å². The van der Waals surface area contributed by atoms with E-state index in [4.69, 9.17) is 0 Å². The molecule has 0 amide bonds. The summed E-state index contributed by atoms with van der Waals surface area (Å²) >= 11 is 0. The van der Waals surface area contributed by atoms with Gasteiger partial charge in [0.25, 0.3) is 0 Å². The van der Waals surface area contributed by atoms with Crippen molar-refractivity contribution in [2.75, 3.05) is 0 Å². The van der Waals surface area contributed by atoms with Crippen molar-refractivity contribution in [1.82, 2.24) is 9.97 Å². The lowest BCUT2D eigenvalue weighted by Gasteiger charge is -1.91. The molecule has 1 aliphatic rings. The van der Waals surface area contributed by atoms with Crippen molar-refractivity contribution in [3.05, 3.63) is 29.9 Å². The smallest absolute Gasteiger partial charge is 0.115 e. The van der Waals surface area contributed by atoms with Crippen molar-refractivity contribution in [2.24, 2.45) is 0 Å². The minimum atomic E-state index is 0.970. The largest absolute Gasteiger partial charge is 0.244 e. The molecule has 1 heterocycles. The van der Waals surface area contributed by atoms with Gasteiger partial charge >= 0.3 is 0 Å². The number of aromatic nitrogens is 2. The molecule has 0 saturated heterocycles. The van der Waals surface area contributed by atoms with Crippen LogP contribution in [-0.4, -0.2) is 9.97 Å². The van der Waals surface area contributed by atoms with Gasteiger partial charge in [-0.2, -0.15) is 0 Å². The lowest BCUT2D eigenvalue weighted by atomic mass is 10.3. The van der Waals surface area contributed by atoms with Crippen LogP contribution in [-0.2, 0) is 6.42 Å². The first-order valence-corrected chi connectivity index (χ1v) is 3.92. The normalized spacial score (nSPS) is 11.8. The SMILES string of the molecule is C1=Cc2cncnc2C1.CC. The lowest BCUT2D eigenvalue weighted by molar-refractivity contribution is 1.06. The molecule has 0 saturated carbocycles. The Balaban J connectivity index is 0.000000281. The Hall–Kier alpha value is -1.18. The van der Waals surface area contributed by atoms with Gasteiger partial charge < -0.3 is 0 Å². The number of allylic oxidation sites excluding steroid dienone is 1. The number of fused-ring (bicyclic) bond motifs is 1.